The second-order valence-corrected chi connectivity index (χ2v) is 9.67. The molecule has 180 valence electrons. The van der Waals surface area contributed by atoms with E-state index in [1.807, 2.05) is 55.5 Å². The number of furan rings is 1. The summed E-state index contributed by atoms with van der Waals surface area (Å²) in [7, 11) is 0. The van der Waals surface area contributed by atoms with E-state index < -0.39 is 0 Å². The number of aryl methyl sites for hydroxylation is 2. The van der Waals surface area contributed by atoms with Crippen LogP contribution in [0.15, 0.2) is 77.2 Å². The van der Waals surface area contributed by atoms with Crippen molar-refractivity contribution in [1.29, 1.82) is 0 Å². The van der Waals surface area contributed by atoms with E-state index in [4.69, 9.17) is 9.40 Å². The number of hydrogen-bond acceptors (Lipinski definition) is 5. The van der Waals surface area contributed by atoms with E-state index in [1.165, 1.54) is 11.1 Å². The summed E-state index contributed by atoms with van der Waals surface area (Å²) < 4.78 is 6.15. The van der Waals surface area contributed by atoms with Crippen LogP contribution in [0.2, 0.25) is 0 Å². The first-order chi connectivity index (χ1) is 17.5. The number of carbonyl (C=O) groups is 1. The molecule has 36 heavy (non-hydrogen) atoms. The number of para-hydroxylation sites is 1. The van der Waals surface area contributed by atoms with Gasteiger partial charge in [0, 0.05) is 30.6 Å². The second kappa shape index (κ2) is 9.11. The number of aromatic nitrogens is 2. The van der Waals surface area contributed by atoms with E-state index in [0.29, 0.717) is 6.42 Å². The van der Waals surface area contributed by atoms with Gasteiger partial charge in [0.2, 0.25) is 5.91 Å². The normalized spacial score (nSPS) is 15.6. The van der Waals surface area contributed by atoms with Crippen molar-refractivity contribution in [2.24, 2.45) is 5.92 Å². The lowest BCUT2D eigenvalue weighted by atomic mass is 10.0. The Labute approximate surface area is 210 Å². The molecule has 1 saturated heterocycles. The summed E-state index contributed by atoms with van der Waals surface area (Å²) in [4.78, 5) is 24.4. The van der Waals surface area contributed by atoms with Gasteiger partial charge in [0.15, 0.2) is 11.4 Å². The molecule has 1 fully saturated rings. The smallest absolute Gasteiger partial charge is 0.224 e. The minimum absolute atomic E-state index is 0.0395. The SMILES string of the molecule is Cc1ccc(-c2ccc(NC(=O)C[C@H]3CCN(c4nc(C)nc5c4oc4ccccc45)C3)cc2)cc1. The van der Waals surface area contributed by atoms with Crippen molar-refractivity contribution in [3.8, 4) is 11.1 Å². The van der Waals surface area contributed by atoms with Gasteiger partial charge in [-0.05, 0) is 61.6 Å². The van der Waals surface area contributed by atoms with Crippen LogP contribution in [0.1, 0.15) is 24.2 Å². The molecule has 6 heteroatoms. The van der Waals surface area contributed by atoms with Crippen molar-refractivity contribution in [3.05, 3.63) is 84.2 Å². The number of fused-ring (bicyclic) bond motifs is 3. The predicted octanol–water partition coefficient (Wildman–Crippen LogP) is 6.51. The maximum Gasteiger partial charge on any atom is 0.224 e. The number of hydrogen-bond donors (Lipinski definition) is 1. The molecule has 1 amide bonds. The maximum atomic E-state index is 12.8. The Kier molecular flexibility index (Phi) is 5.64. The van der Waals surface area contributed by atoms with Crippen molar-refractivity contribution < 1.29 is 9.21 Å². The number of amides is 1. The van der Waals surface area contributed by atoms with Crippen molar-refractivity contribution in [2.45, 2.75) is 26.7 Å². The quantitative estimate of drug-likeness (QED) is 0.313. The Morgan fingerprint density at radius 3 is 2.47 bits per heavy atom. The summed E-state index contributed by atoms with van der Waals surface area (Å²) >= 11 is 0. The molecule has 6 rings (SSSR count). The average molecular weight is 477 g/mol. The van der Waals surface area contributed by atoms with Gasteiger partial charge in [0.25, 0.3) is 0 Å². The maximum absolute atomic E-state index is 12.8. The van der Waals surface area contributed by atoms with Crippen molar-refractivity contribution in [1.82, 2.24) is 9.97 Å². The molecule has 1 aliphatic heterocycles. The van der Waals surface area contributed by atoms with E-state index in [-0.39, 0.29) is 11.8 Å². The van der Waals surface area contributed by atoms with E-state index in [9.17, 15) is 4.79 Å². The molecule has 6 nitrogen and oxygen atoms in total. The third kappa shape index (κ3) is 4.31. The van der Waals surface area contributed by atoms with Crippen molar-refractivity contribution in [2.75, 3.05) is 23.3 Å². The number of carbonyl (C=O) groups excluding carboxylic acids is 1. The molecule has 0 spiro atoms. The number of nitrogens with zero attached hydrogens (tertiary/aromatic N) is 3. The van der Waals surface area contributed by atoms with Crippen LogP contribution >= 0.6 is 0 Å². The average Bonchev–Trinajstić information content (AvgIpc) is 3.49. The van der Waals surface area contributed by atoms with Gasteiger partial charge in [-0.25, -0.2) is 9.97 Å². The Morgan fingerprint density at radius 1 is 0.972 bits per heavy atom. The highest BCUT2D eigenvalue weighted by Gasteiger charge is 2.28. The van der Waals surface area contributed by atoms with Crippen LogP contribution in [0.5, 0.6) is 0 Å². The molecule has 3 aromatic carbocycles. The van der Waals surface area contributed by atoms with Gasteiger partial charge in [-0.1, -0.05) is 54.1 Å². The number of rotatable bonds is 5. The first-order valence-electron chi connectivity index (χ1n) is 12.4. The standard InChI is InChI=1S/C30H28N4O2/c1-19-7-9-22(10-8-19)23-11-13-24(14-12-23)33-27(35)17-21-15-16-34(18-21)30-29-28(31-20(2)32-30)25-5-3-4-6-26(25)36-29/h3-14,21H,15-18H2,1-2H3,(H,33,35)/t21-/m1/s1. The third-order valence-electron chi connectivity index (χ3n) is 6.93. The number of benzene rings is 3. The van der Waals surface area contributed by atoms with Crippen LogP contribution in [-0.4, -0.2) is 29.0 Å². The lowest BCUT2D eigenvalue weighted by Crippen LogP contribution is -2.23. The van der Waals surface area contributed by atoms with Crippen LogP contribution in [0.25, 0.3) is 33.2 Å². The summed E-state index contributed by atoms with van der Waals surface area (Å²) in [6, 6.07) is 24.4. The summed E-state index contributed by atoms with van der Waals surface area (Å²) in [6.07, 6.45) is 1.41. The van der Waals surface area contributed by atoms with Crippen LogP contribution in [0.4, 0.5) is 11.5 Å². The highest BCUT2D eigenvalue weighted by Crippen LogP contribution is 2.35. The van der Waals surface area contributed by atoms with Gasteiger partial charge in [0.1, 0.15) is 16.9 Å². The summed E-state index contributed by atoms with van der Waals surface area (Å²) in [5.41, 5.74) is 6.76. The molecular formula is C30H28N4O2. The second-order valence-electron chi connectivity index (χ2n) is 9.67. The lowest BCUT2D eigenvalue weighted by molar-refractivity contribution is -0.116. The zero-order valence-corrected chi connectivity index (χ0v) is 20.5. The van der Waals surface area contributed by atoms with E-state index in [1.54, 1.807) is 0 Å². The van der Waals surface area contributed by atoms with Gasteiger partial charge in [-0.2, -0.15) is 0 Å². The van der Waals surface area contributed by atoms with Crippen molar-refractivity contribution in [3.63, 3.8) is 0 Å². The molecule has 5 aromatic rings. The van der Waals surface area contributed by atoms with Gasteiger partial charge in [0.05, 0.1) is 0 Å². The third-order valence-corrected chi connectivity index (χ3v) is 6.93. The summed E-state index contributed by atoms with van der Waals surface area (Å²) in [5.74, 6) is 1.84. The largest absolute Gasteiger partial charge is 0.450 e. The minimum atomic E-state index is 0.0395. The molecule has 0 bridgehead atoms. The molecule has 3 heterocycles. The fourth-order valence-electron chi connectivity index (χ4n) is 5.06. The monoisotopic (exact) mass is 476 g/mol. The zero-order chi connectivity index (χ0) is 24.6. The molecule has 1 N–H and O–H groups in total. The fraction of sp³-hybridized carbons (Fsp3) is 0.233. The van der Waals surface area contributed by atoms with E-state index in [2.05, 4.69) is 46.4 Å². The fourth-order valence-corrected chi connectivity index (χ4v) is 5.06. The minimum Gasteiger partial charge on any atom is -0.450 e. The number of nitrogens with one attached hydrogen (secondary N) is 1. The predicted molar refractivity (Wildman–Crippen MR) is 144 cm³/mol. The van der Waals surface area contributed by atoms with E-state index >= 15 is 0 Å². The lowest BCUT2D eigenvalue weighted by Gasteiger charge is -2.18. The molecular weight excluding hydrogens is 448 g/mol. The molecule has 0 radical (unpaired) electrons. The highest BCUT2D eigenvalue weighted by atomic mass is 16.3. The van der Waals surface area contributed by atoms with Gasteiger partial charge in [-0.15, -0.1) is 0 Å². The molecule has 0 unspecified atom stereocenters. The van der Waals surface area contributed by atoms with Gasteiger partial charge < -0.3 is 14.6 Å². The van der Waals surface area contributed by atoms with Crippen LogP contribution in [0, 0.1) is 19.8 Å². The molecule has 2 aromatic heterocycles. The first kappa shape index (κ1) is 22.3. The van der Waals surface area contributed by atoms with E-state index in [0.717, 1.165) is 64.5 Å². The highest BCUT2D eigenvalue weighted by molar-refractivity contribution is 6.05. The van der Waals surface area contributed by atoms with Crippen LogP contribution < -0.4 is 10.2 Å². The van der Waals surface area contributed by atoms with Crippen LogP contribution in [0.3, 0.4) is 0 Å². The Hall–Kier alpha value is -4.19. The van der Waals surface area contributed by atoms with Gasteiger partial charge >= 0.3 is 0 Å². The molecule has 0 saturated carbocycles. The number of anilines is 2. The van der Waals surface area contributed by atoms with Crippen molar-refractivity contribution >= 4 is 39.5 Å². The summed E-state index contributed by atoms with van der Waals surface area (Å²) in [6.45, 7) is 5.60. The van der Waals surface area contributed by atoms with Gasteiger partial charge in [-0.3, -0.25) is 4.79 Å². The first-order valence-corrected chi connectivity index (χ1v) is 12.4. The molecule has 0 aliphatic carbocycles. The zero-order valence-electron chi connectivity index (χ0n) is 20.5. The Morgan fingerprint density at radius 2 is 1.69 bits per heavy atom. The van der Waals surface area contributed by atoms with Crippen LogP contribution in [-0.2, 0) is 4.79 Å². The Bertz CT molecular complexity index is 1550. The molecule has 1 atom stereocenters. The molecule has 1 aliphatic rings. The Balaban J connectivity index is 1.12. The topological polar surface area (TPSA) is 71.3 Å². The summed E-state index contributed by atoms with van der Waals surface area (Å²) in [5, 5.41) is 4.07.